The summed E-state index contributed by atoms with van der Waals surface area (Å²) in [4.78, 5) is 23.7. The maximum Gasteiger partial charge on any atom is 0.277 e. The zero-order valence-electron chi connectivity index (χ0n) is 15.7. The van der Waals surface area contributed by atoms with Crippen LogP contribution in [0.2, 0.25) is 0 Å². The van der Waals surface area contributed by atoms with Gasteiger partial charge in [-0.25, -0.2) is 9.97 Å². The lowest BCUT2D eigenvalue weighted by Crippen LogP contribution is -2.31. The fourth-order valence-corrected chi connectivity index (χ4v) is 2.66. The number of amides is 1. The van der Waals surface area contributed by atoms with Crippen molar-refractivity contribution in [3.63, 3.8) is 0 Å². The minimum atomic E-state index is -0.153. The van der Waals surface area contributed by atoms with Gasteiger partial charge in [-0.2, -0.15) is 0 Å². The Morgan fingerprint density at radius 3 is 2.37 bits per heavy atom. The van der Waals surface area contributed by atoms with Crippen molar-refractivity contribution in [2.75, 3.05) is 10.2 Å². The molecule has 2 aromatic carbocycles. The molecule has 1 unspecified atom stereocenters. The fourth-order valence-electron chi connectivity index (χ4n) is 2.66. The van der Waals surface area contributed by atoms with E-state index in [1.54, 1.807) is 17.2 Å². The molecule has 0 spiro atoms. The predicted octanol–water partition coefficient (Wildman–Crippen LogP) is 4.53. The van der Waals surface area contributed by atoms with Gasteiger partial charge in [0.2, 0.25) is 5.95 Å². The van der Waals surface area contributed by atoms with Gasteiger partial charge in [-0.1, -0.05) is 55.5 Å². The van der Waals surface area contributed by atoms with Gasteiger partial charge in [0.05, 0.1) is 6.54 Å². The molecule has 138 valence electrons. The standard InChI is InChI=1S/C22H24N4O/c1-3-17(2)24-22-23-15-14-20(25-22)21(27)26(19-12-8-5-9-13-19)16-18-10-6-4-7-11-18/h4-15,17H,3,16H2,1-2H3,(H,23,24,25). The van der Waals surface area contributed by atoms with Gasteiger partial charge in [-0.15, -0.1) is 0 Å². The van der Waals surface area contributed by atoms with Crippen LogP contribution in [-0.4, -0.2) is 21.9 Å². The Hall–Kier alpha value is -3.21. The second-order valence-corrected chi connectivity index (χ2v) is 6.43. The molecule has 0 radical (unpaired) electrons. The minimum Gasteiger partial charge on any atom is -0.352 e. The van der Waals surface area contributed by atoms with E-state index >= 15 is 0 Å². The van der Waals surface area contributed by atoms with Gasteiger partial charge in [0.1, 0.15) is 5.69 Å². The molecule has 0 aliphatic heterocycles. The summed E-state index contributed by atoms with van der Waals surface area (Å²) in [6, 6.07) is 21.5. The van der Waals surface area contributed by atoms with E-state index in [4.69, 9.17) is 0 Å². The van der Waals surface area contributed by atoms with Gasteiger partial charge >= 0.3 is 0 Å². The molecule has 0 aliphatic rings. The smallest absolute Gasteiger partial charge is 0.277 e. The molecule has 3 rings (SSSR count). The lowest BCUT2D eigenvalue weighted by Gasteiger charge is -2.23. The Bertz CT molecular complexity index is 868. The average Bonchev–Trinajstić information content (AvgIpc) is 2.73. The van der Waals surface area contributed by atoms with Gasteiger partial charge < -0.3 is 10.2 Å². The lowest BCUT2D eigenvalue weighted by molar-refractivity contribution is 0.0980. The number of nitrogens with zero attached hydrogens (tertiary/aromatic N) is 3. The van der Waals surface area contributed by atoms with E-state index in [0.29, 0.717) is 18.2 Å². The first kappa shape index (κ1) is 18.6. The van der Waals surface area contributed by atoms with Crippen molar-refractivity contribution in [1.29, 1.82) is 0 Å². The number of benzene rings is 2. The van der Waals surface area contributed by atoms with E-state index in [1.165, 1.54) is 0 Å². The molecule has 0 bridgehead atoms. The molecule has 0 saturated heterocycles. The SMILES string of the molecule is CCC(C)Nc1nccc(C(=O)N(Cc2ccccc2)c2ccccc2)n1. The van der Waals surface area contributed by atoms with Crippen LogP contribution in [0.3, 0.4) is 0 Å². The van der Waals surface area contributed by atoms with Crippen LogP contribution in [0.1, 0.15) is 36.3 Å². The molecule has 1 atom stereocenters. The van der Waals surface area contributed by atoms with Crippen molar-refractivity contribution >= 4 is 17.5 Å². The Kier molecular flexibility index (Phi) is 6.15. The summed E-state index contributed by atoms with van der Waals surface area (Å²) in [6.07, 6.45) is 2.57. The second kappa shape index (κ2) is 8.94. The minimum absolute atomic E-state index is 0.153. The van der Waals surface area contributed by atoms with Crippen LogP contribution >= 0.6 is 0 Å². The second-order valence-electron chi connectivity index (χ2n) is 6.43. The van der Waals surface area contributed by atoms with Gasteiger partial charge in [0.25, 0.3) is 5.91 Å². The number of hydrogen-bond acceptors (Lipinski definition) is 4. The van der Waals surface area contributed by atoms with Crippen LogP contribution in [0.4, 0.5) is 11.6 Å². The molecular formula is C22H24N4O. The normalized spacial score (nSPS) is 11.6. The number of anilines is 2. The van der Waals surface area contributed by atoms with Crippen molar-refractivity contribution in [2.45, 2.75) is 32.9 Å². The average molecular weight is 360 g/mol. The number of aromatic nitrogens is 2. The van der Waals surface area contributed by atoms with Gasteiger partial charge in [0, 0.05) is 17.9 Å². The van der Waals surface area contributed by atoms with E-state index in [2.05, 4.69) is 29.1 Å². The summed E-state index contributed by atoms with van der Waals surface area (Å²) in [5.74, 6) is 0.322. The summed E-state index contributed by atoms with van der Waals surface area (Å²) in [5.41, 5.74) is 2.26. The molecule has 3 aromatic rings. The monoisotopic (exact) mass is 360 g/mol. The van der Waals surface area contributed by atoms with E-state index in [0.717, 1.165) is 17.7 Å². The van der Waals surface area contributed by atoms with Crippen LogP contribution in [-0.2, 0) is 6.54 Å². The number of hydrogen-bond donors (Lipinski definition) is 1. The Morgan fingerprint density at radius 1 is 1.04 bits per heavy atom. The molecule has 1 N–H and O–H groups in total. The van der Waals surface area contributed by atoms with Crippen LogP contribution in [0.5, 0.6) is 0 Å². The van der Waals surface area contributed by atoms with Crippen LogP contribution in [0, 0.1) is 0 Å². The van der Waals surface area contributed by atoms with Crippen molar-refractivity contribution in [2.24, 2.45) is 0 Å². The van der Waals surface area contributed by atoms with Crippen molar-refractivity contribution in [3.8, 4) is 0 Å². The van der Waals surface area contributed by atoms with Crippen molar-refractivity contribution in [1.82, 2.24) is 9.97 Å². The van der Waals surface area contributed by atoms with Gasteiger partial charge in [-0.3, -0.25) is 4.79 Å². The molecule has 0 saturated carbocycles. The predicted molar refractivity (Wildman–Crippen MR) is 109 cm³/mol. The summed E-state index contributed by atoms with van der Waals surface area (Å²) >= 11 is 0. The van der Waals surface area contributed by atoms with E-state index in [9.17, 15) is 4.79 Å². The van der Waals surface area contributed by atoms with E-state index in [-0.39, 0.29) is 11.9 Å². The summed E-state index contributed by atoms with van der Waals surface area (Å²) < 4.78 is 0. The summed E-state index contributed by atoms with van der Waals surface area (Å²) in [5, 5.41) is 3.22. The Labute approximate surface area is 160 Å². The molecule has 5 nitrogen and oxygen atoms in total. The molecule has 1 heterocycles. The third-order valence-corrected chi connectivity index (χ3v) is 4.36. The van der Waals surface area contributed by atoms with Crippen LogP contribution < -0.4 is 10.2 Å². The fraction of sp³-hybridized carbons (Fsp3) is 0.227. The number of carbonyl (C=O) groups is 1. The highest BCUT2D eigenvalue weighted by Gasteiger charge is 2.20. The quantitative estimate of drug-likeness (QED) is 0.672. The van der Waals surface area contributed by atoms with E-state index in [1.807, 2.05) is 60.7 Å². The molecule has 0 aliphatic carbocycles. The molecule has 1 amide bonds. The topological polar surface area (TPSA) is 58.1 Å². The maximum atomic E-state index is 13.3. The summed E-state index contributed by atoms with van der Waals surface area (Å²) in [7, 11) is 0. The number of rotatable bonds is 7. The van der Waals surface area contributed by atoms with Crippen LogP contribution in [0.15, 0.2) is 72.9 Å². The highest BCUT2D eigenvalue weighted by atomic mass is 16.2. The highest BCUT2D eigenvalue weighted by Crippen LogP contribution is 2.20. The maximum absolute atomic E-state index is 13.3. The highest BCUT2D eigenvalue weighted by molar-refractivity contribution is 6.04. The zero-order valence-corrected chi connectivity index (χ0v) is 15.7. The molecule has 0 fully saturated rings. The molecule has 5 heteroatoms. The molecular weight excluding hydrogens is 336 g/mol. The first-order valence-electron chi connectivity index (χ1n) is 9.17. The third-order valence-electron chi connectivity index (χ3n) is 4.36. The largest absolute Gasteiger partial charge is 0.352 e. The Morgan fingerprint density at radius 2 is 1.70 bits per heavy atom. The molecule has 1 aromatic heterocycles. The lowest BCUT2D eigenvalue weighted by atomic mass is 10.2. The van der Waals surface area contributed by atoms with Gasteiger partial charge in [-0.05, 0) is 37.1 Å². The first-order valence-corrected chi connectivity index (χ1v) is 9.17. The number of para-hydroxylation sites is 1. The zero-order chi connectivity index (χ0) is 19.1. The van der Waals surface area contributed by atoms with E-state index < -0.39 is 0 Å². The molecule has 27 heavy (non-hydrogen) atoms. The number of carbonyl (C=O) groups excluding carboxylic acids is 1. The van der Waals surface area contributed by atoms with Crippen LogP contribution in [0.25, 0.3) is 0 Å². The first-order chi connectivity index (χ1) is 13.2. The third kappa shape index (κ3) is 4.91. The van der Waals surface area contributed by atoms with Gasteiger partial charge in [0.15, 0.2) is 0 Å². The van der Waals surface area contributed by atoms with Crippen molar-refractivity contribution < 1.29 is 4.79 Å². The van der Waals surface area contributed by atoms with Crippen molar-refractivity contribution in [3.05, 3.63) is 84.2 Å². The summed E-state index contributed by atoms with van der Waals surface area (Å²) in [6.45, 7) is 4.62. The number of nitrogens with one attached hydrogen (secondary N) is 1. The Balaban J connectivity index is 1.90.